The van der Waals surface area contributed by atoms with Crippen LogP contribution in [0.5, 0.6) is 5.75 Å². The molecular formula is C31H38N2O5S. The molecule has 3 aromatic rings. The lowest BCUT2D eigenvalue weighted by molar-refractivity contribution is -0.118. The van der Waals surface area contributed by atoms with Crippen molar-refractivity contribution in [3.8, 4) is 16.9 Å². The van der Waals surface area contributed by atoms with Gasteiger partial charge in [0.2, 0.25) is 15.9 Å². The quantitative estimate of drug-likeness (QED) is 0.286. The highest BCUT2D eigenvalue weighted by atomic mass is 32.2. The van der Waals surface area contributed by atoms with Gasteiger partial charge in [-0.05, 0) is 67.0 Å². The third kappa shape index (κ3) is 9.20. The molecule has 1 aliphatic rings. The van der Waals surface area contributed by atoms with Crippen LogP contribution in [0.3, 0.4) is 0 Å². The normalized spacial score (nSPS) is 15.0. The minimum atomic E-state index is -3.62. The number of rotatable bonds is 12. The van der Waals surface area contributed by atoms with E-state index in [9.17, 15) is 18.3 Å². The Morgan fingerprint density at radius 2 is 1.67 bits per heavy atom. The Kier molecular flexibility index (Phi) is 10.1. The first-order chi connectivity index (χ1) is 18.8. The Labute approximate surface area is 231 Å². The van der Waals surface area contributed by atoms with Crippen molar-refractivity contribution in [3.63, 3.8) is 0 Å². The van der Waals surface area contributed by atoms with Gasteiger partial charge in [0.05, 0.1) is 24.9 Å². The molecule has 0 radical (unpaired) electrons. The van der Waals surface area contributed by atoms with E-state index in [1.54, 1.807) is 0 Å². The number of sulfonamides is 1. The van der Waals surface area contributed by atoms with Crippen LogP contribution < -0.4 is 14.8 Å². The van der Waals surface area contributed by atoms with Crippen molar-refractivity contribution in [1.82, 2.24) is 10.0 Å². The molecule has 1 atom stereocenters. The zero-order chi connectivity index (χ0) is 27.7. The number of hydrogen-bond donors (Lipinski definition) is 3. The average molecular weight is 551 g/mol. The molecule has 0 heterocycles. The maximum Gasteiger partial charge on any atom is 0.237 e. The van der Waals surface area contributed by atoms with E-state index in [1.165, 1.54) is 12.0 Å². The number of nitrogens with one attached hydrogen (secondary N) is 2. The van der Waals surface area contributed by atoms with E-state index < -0.39 is 22.0 Å². The van der Waals surface area contributed by atoms with Gasteiger partial charge in [-0.25, -0.2) is 8.42 Å². The van der Waals surface area contributed by atoms with E-state index in [-0.39, 0.29) is 12.5 Å². The van der Waals surface area contributed by atoms with Gasteiger partial charge in [0, 0.05) is 12.1 Å². The summed E-state index contributed by atoms with van der Waals surface area (Å²) >= 11 is 0. The summed E-state index contributed by atoms with van der Waals surface area (Å²) in [5.74, 6) is 0.0568. The molecule has 3 N–H and O–H groups in total. The molecule has 0 saturated heterocycles. The zero-order valence-electron chi connectivity index (χ0n) is 22.4. The Morgan fingerprint density at radius 1 is 0.974 bits per heavy atom. The number of amides is 1. The van der Waals surface area contributed by atoms with Gasteiger partial charge in [-0.3, -0.25) is 9.52 Å². The fourth-order valence-electron chi connectivity index (χ4n) is 4.90. The number of aliphatic hydroxyl groups excluding tert-OH is 1. The summed E-state index contributed by atoms with van der Waals surface area (Å²) in [6.45, 7) is 1.26. The van der Waals surface area contributed by atoms with Crippen LogP contribution in [0.4, 0.5) is 0 Å². The van der Waals surface area contributed by atoms with Gasteiger partial charge in [-0.2, -0.15) is 0 Å². The first-order valence-corrected chi connectivity index (χ1v) is 15.5. The summed E-state index contributed by atoms with van der Waals surface area (Å²) in [5, 5.41) is 13.6. The molecule has 4 rings (SSSR count). The summed E-state index contributed by atoms with van der Waals surface area (Å²) in [7, 11) is -3.62. The molecule has 0 spiro atoms. The van der Waals surface area contributed by atoms with E-state index in [4.69, 9.17) is 4.74 Å². The molecule has 1 saturated carbocycles. The monoisotopic (exact) mass is 550 g/mol. The molecule has 1 aliphatic carbocycles. The number of carbonyl (C=O) groups is 1. The lowest BCUT2D eigenvalue weighted by atomic mass is 9.97. The standard InChI is InChI=1S/C31H38N2O5S/c1-39(36,37)33-31(35)21-27-17-16-26(20-30(27)38-28-10-6-3-7-11-28)24-14-12-23(13-15-24)18-19-32-22-29(34)25-8-4-2-5-9-25/h2,4-5,8-9,12-17,20,28-29,32,34H,3,6-7,10-11,18-19,21-22H2,1H3,(H,33,35)/t29-/m1/s1. The topological polar surface area (TPSA) is 105 Å². The molecule has 8 heteroatoms. The minimum absolute atomic E-state index is 0.0691. The second-order valence-corrected chi connectivity index (χ2v) is 12.0. The van der Waals surface area contributed by atoms with Gasteiger partial charge in [0.1, 0.15) is 5.75 Å². The van der Waals surface area contributed by atoms with Crippen LogP contribution >= 0.6 is 0 Å². The molecule has 0 aromatic heterocycles. The summed E-state index contributed by atoms with van der Waals surface area (Å²) in [6.07, 6.45) is 6.72. The van der Waals surface area contributed by atoms with Crippen molar-refractivity contribution in [3.05, 3.63) is 89.5 Å². The first kappa shape index (κ1) is 28.8. The Morgan fingerprint density at radius 3 is 2.36 bits per heavy atom. The Bertz CT molecular complexity index is 1320. The minimum Gasteiger partial charge on any atom is -0.490 e. The second-order valence-electron chi connectivity index (χ2n) is 10.3. The van der Waals surface area contributed by atoms with E-state index in [0.717, 1.165) is 61.6 Å². The zero-order valence-corrected chi connectivity index (χ0v) is 23.3. The molecule has 7 nitrogen and oxygen atoms in total. The third-order valence-corrected chi connectivity index (χ3v) is 7.56. The largest absolute Gasteiger partial charge is 0.490 e. The Hall–Kier alpha value is -3.20. The lowest BCUT2D eigenvalue weighted by Gasteiger charge is -2.24. The molecular weight excluding hydrogens is 512 g/mol. The van der Waals surface area contributed by atoms with Crippen LogP contribution in [0.15, 0.2) is 72.8 Å². The van der Waals surface area contributed by atoms with Crippen molar-refractivity contribution in [1.29, 1.82) is 0 Å². The number of benzene rings is 3. The molecule has 39 heavy (non-hydrogen) atoms. The fraction of sp³-hybridized carbons (Fsp3) is 0.387. The predicted molar refractivity (Wildman–Crippen MR) is 154 cm³/mol. The summed E-state index contributed by atoms with van der Waals surface area (Å²) < 4.78 is 31.4. The number of carbonyl (C=O) groups excluding carboxylic acids is 1. The summed E-state index contributed by atoms with van der Waals surface area (Å²) in [5.41, 5.74) is 4.78. The van der Waals surface area contributed by atoms with Crippen LogP contribution in [0.2, 0.25) is 0 Å². The molecule has 0 bridgehead atoms. The second kappa shape index (κ2) is 13.7. The van der Waals surface area contributed by atoms with Gasteiger partial charge in [-0.1, -0.05) is 73.2 Å². The summed E-state index contributed by atoms with van der Waals surface area (Å²) in [6, 6.07) is 23.7. The van der Waals surface area contributed by atoms with Crippen LogP contribution in [0, 0.1) is 0 Å². The van der Waals surface area contributed by atoms with Crippen molar-refractivity contribution >= 4 is 15.9 Å². The predicted octanol–water partition coefficient (Wildman–Crippen LogP) is 4.55. The van der Waals surface area contributed by atoms with E-state index in [0.29, 0.717) is 17.9 Å². The SMILES string of the molecule is CS(=O)(=O)NC(=O)Cc1ccc(-c2ccc(CCNC[C@@H](O)c3ccccc3)cc2)cc1OC1CCCCC1. The number of ether oxygens (including phenoxy) is 1. The van der Waals surface area contributed by atoms with Crippen LogP contribution in [0.25, 0.3) is 11.1 Å². The number of aliphatic hydroxyl groups is 1. The highest BCUT2D eigenvalue weighted by molar-refractivity contribution is 7.89. The molecule has 3 aromatic carbocycles. The van der Waals surface area contributed by atoms with Gasteiger partial charge in [0.25, 0.3) is 0 Å². The van der Waals surface area contributed by atoms with Gasteiger partial charge < -0.3 is 15.2 Å². The van der Waals surface area contributed by atoms with Crippen molar-refractivity contribution in [2.75, 3.05) is 19.3 Å². The van der Waals surface area contributed by atoms with E-state index in [1.807, 2.05) is 53.3 Å². The molecule has 0 aliphatic heterocycles. The molecule has 208 valence electrons. The highest BCUT2D eigenvalue weighted by Crippen LogP contribution is 2.31. The molecule has 0 unspecified atom stereocenters. The van der Waals surface area contributed by atoms with Crippen LogP contribution in [0.1, 0.15) is 54.9 Å². The average Bonchev–Trinajstić information content (AvgIpc) is 2.92. The number of hydrogen-bond acceptors (Lipinski definition) is 6. The van der Waals surface area contributed by atoms with Gasteiger partial charge in [0.15, 0.2) is 0 Å². The van der Waals surface area contributed by atoms with Crippen molar-refractivity contribution in [2.45, 2.75) is 57.2 Å². The fourth-order valence-corrected chi connectivity index (χ4v) is 5.38. The van der Waals surface area contributed by atoms with Gasteiger partial charge >= 0.3 is 0 Å². The van der Waals surface area contributed by atoms with E-state index >= 15 is 0 Å². The van der Waals surface area contributed by atoms with E-state index in [2.05, 4.69) is 29.6 Å². The first-order valence-electron chi connectivity index (χ1n) is 13.6. The van der Waals surface area contributed by atoms with Gasteiger partial charge in [-0.15, -0.1) is 0 Å². The van der Waals surface area contributed by atoms with Crippen LogP contribution in [-0.4, -0.2) is 44.9 Å². The molecule has 1 fully saturated rings. The van der Waals surface area contributed by atoms with Crippen molar-refractivity contribution in [2.24, 2.45) is 0 Å². The Balaban J connectivity index is 1.39. The summed E-state index contributed by atoms with van der Waals surface area (Å²) in [4.78, 5) is 12.3. The van der Waals surface area contributed by atoms with Crippen LogP contribution in [-0.2, 0) is 27.7 Å². The highest BCUT2D eigenvalue weighted by Gasteiger charge is 2.19. The maximum absolute atomic E-state index is 12.3. The van der Waals surface area contributed by atoms with Crippen molar-refractivity contribution < 1.29 is 23.1 Å². The lowest BCUT2D eigenvalue weighted by Crippen LogP contribution is -2.31. The smallest absolute Gasteiger partial charge is 0.237 e. The maximum atomic E-state index is 12.3. The third-order valence-electron chi connectivity index (χ3n) is 6.96. The molecule has 1 amide bonds.